The van der Waals surface area contributed by atoms with Gasteiger partial charge in [-0.25, -0.2) is 0 Å². The van der Waals surface area contributed by atoms with Crippen molar-refractivity contribution in [2.75, 3.05) is 5.32 Å². The van der Waals surface area contributed by atoms with Crippen LogP contribution in [0.3, 0.4) is 0 Å². The number of hydrogen-bond acceptors (Lipinski definition) is 3. The maximum absolute atomic E-state index is 12.7. The van der Waals surface area contributed by atoms with Crippen LogP contribution in [-0.4, -0.2) is 5.91 Å². The third kappa shape index (κ3) is 3.33. The molecule has 0 unspecified atom stereocenters. The number of halogens is 1. The number of anilines is 1. The monoisotopic (exact) mass is 383 g/mol. The molecule has 0 radical (unpaired) electrons. The van der Waals surface area contributed by atoms with Crippen molar-refractivity contribution in [3.05, 3.63) is 87.1 Å². The van der Waals surface area contributed by atoms with Crippen molar-refractivity contribution in [3.63, 3.8) is 0 Å². The molecule has 4 aromatic rings. The average Bonchev–Trinajstić information content (AvgIpc) is 3.21. The summed E-state index contributed by atoms with van der Waals surface area (Å²) in [5.41, 5.74) is 3.11. The molecule has 0 aliphatic rings. The summed E-state index contributed by atoms with van der Waals surface area (Å²) in [6, 6.07) is 20.1. The van der Waals surface area contributed by atoms with Crippen LogP contribution in [-0.2, 0) is 6.42 Å². The first-order valence-electron chi connectivity index (χ1n) is 7.81. The summed E-state index contributed by atoms with van der Waals surface area (Å²) < 4.78 is 1.08. The minimum absolute atomic E-state index is 0.154. The number of fused-ring (bicyclic) bond motifs is 1. The van der Waals surface area contributed by atoms with Gasteiger partial charge in [-0.2, -0.15) is 0 Å². The summed E-state index contributed by atoms with van der Waals surface area (Å²) in [5, 5.41) is 6.52. The molecule has 0 saturated carbocycles. The molecule has 1 amide bonds. The van der Waals surface area contributed by atoms with Gasteiger partial charge in [0.05, 0.1) is 9.04 Å². The Kier molecular flexibility index (Phi) is 4.57. The zero-order valence-corrected chi connectivity index (χ0v) is 15.5. The Balaban J connectivity index is 1.61. The molecule has 0 atom stereocenters. The van der Waals surface area contributed by atoms with Crippen LogP contribution in [0.2, 0.25) is 5.02 Å². The number of thiophene rings is 2. The first kappa shape index (κ1) is 16.3. The van der Waals surface area contributed by atoms with Crippen molar-refractivity contribution >= 4 is 55.3 Å². The number of carbonyl (C=O) groups excluding carboxylic acids is 1. The third-order valence-electron chi connectivity index (χ3n) is 3.97. The van der Waals surface area contributed by atoms with Crippen molar-refractivity contribution in [2.24, 2.45) is 0 Å². The Bertz CT molecular complexity index is 1040. The van der Waals surface area contributed by atoms with Crippen LogP contribution in [0.25, 0.3) is 9.40 Å². The molecule has 0 spiro atoms. The van der Waals surface area contributed by atoms with E-state index in [1.54, 1.807) is 11.3 Å². The van der Waals surface area contributed by atoms with Gasteiger partial charge in [-0.05, 0) is 35.1 Å². The molecule has 2 aromatic carbocycles. The topological polar surface area (TPSA) is 29.1 Å². The Morgan fingerprint density at radius 1 is 1.00 bits per heavy atom. The number of benzene rings is 2. The smallest absolute Gasteiger partial charge is 0.267 e. The van der Waals surface area contributed by atoms with Crippen LogP contribution in [0.1, 0.15) is 20.8 Å². The highest BCUT2D eigenvalue weighted by Crippen LogP contribution is 2.39. The van der Waals surface area contributed by atoms with Gasteiger partial charge in [0.15, 0.2) is 0 Å². The summed E-state index contributed by atoms with van der Waals surface area (Å²) in [6.07, 6.45) is 0.768. The van der Waals surface area contributed by atoms with Crippen LogP contribution >= 0.6 is 34.3 Å². The zero-order valence-electron chi connectivity index (χ0n) is 13.2. The molecule has 1 N–H and O–H groups in total. The first-order valence-corrected chi connectivity index (χ1v) is 9.88. The van der Waals surface area contributed by atoms with E-state index in [0.717, 1.165) is 27.1 Å². The number of rotatable bonds is 4. The molecular formula is C20H14ClNOS2. The van der Waals surface area contributed by atoms with Gasteiger partial charge in [0.2, 0.25) is 0 Å². The molecule has 4 rings (SSSR count). The Labute approximate surface area is 158 Å². The summed E-state index contributed by atoms with van der Waals surface area (Å²) >= 11 is 9.43. The van der Waals surface area contributed by atoms with Crippen LogP contribution in [0.4, 0.5) is 5.69 Å². The number of amides is 1. The van der Waals surface area contributed by atoms with Gasteiger partial charge >= 0.3 is 0 Å². The maximum Gasteiger partial charge on any atom is 0.267 e. The lowest BCUT2D eigenvalue weighted by Gasteiger charge is -2.11. The van der Waals surface area contributed by atoms with Gasteiger partial charge in [0.1, 0.15) is 4.88 Å². The van der Waals surface area contributed by atoms with E-state index in [1.807, 2.05) is 53.9 Å². The molecule has 25 heavy (non-hydrogen) atoms. The van der Waals surface area contributed by atoms with E-state index in [2.05, 4.69) is 17.4 Å². The number of carbonyl (C=O) groups is 1. The van der Waals surface area contributed by atoms with E-state index in [4.69, 9.17) is 11.6 Å². The lowest BCUT2D eigenvalue weighted by Crippen LogP contribution is -2.12. The fourth-order valence-electron chi connectivity index (χ4n) is 2.73. The highest BCUT2D eigenvalue weighted by Gasteiger charge is 2.18. The largest absolute Gasteiger partial charge is 0.321 e. The molecule has 0 aliphatic carbocycles. The van der Waals surface area contributed by atoms with Gasteiger partial charge in [0, 0.05) is 11.1 Å². The lowest BCUT2D eigenvalue weighted by atomic mass is 10.0. The SMILES string of the molecule is O=C(Nc1ccccc1Cc1ccccc1)c1sc2sccc2c1Cl. The molecular weight excluding hydrogens is 370 g/mol. The van der Waals surface area contributed by atoms with Crippen molar-refractivity contribution in [1.82, 2.24) is 0 Å². The highest BCUT2D eigenvalue weighted by molar-refractivity contribution is 7.38. The van der Waals surface area contributed by atoms with Gasteiger partial charge in [-0.15, -0.1) is 22.7 Å². The quantitative estimate of drug-likeness (QED) is 0.430. The van der Waals surface area contributed by atoms with E-state index < -0.39 is 0 Å². The molecule has 0 fully saturated rings. The molecule has 0 aliphatic heterocycles. The van der Waals surface area contributed by atoms with Gasteiger partial charge in [-0.3, -0.25) is 4.79 Å². The fraction of sp³-hybridized carbons (Fsp3) is 0.0500. The van der Waals surface area contributed by atoms with E-state index in [-0.39, 0.29) is 5.91 Å². The van der Waals surface area contributed by atoms with Crippen LogP contribution in [0, 0.1) is 0 Å². The first-order chi connectivity index (χ1) is 12.2. The van der Waals surface area contributed by atoms with Crippen LogP contribution in [0.15, 0.2) is 66.0 Å². The van der Waals surface area contributed by atoms with Crippen LogP contribution < -0.4 is 5.32 Å². The van der Waals surface area contributed by atoms with E-state index in [0.29, 0.717) is 9.90 Å². The average molecular weight is 384 g/mol. The van der Waals surface area contributed by atoms with Crippen molar-refractivity contribution < 1.29 is 4.79 Å². The normalized spacial score (nSPS) is 10.9. The Morgan fingerprint density at radius 2 is 1.76 bits per heavy atom. The number of hydrogen-bond donors (Lipinski definition) is 1. The number of para-hydroxylation sites is 1. The van der Waals surface area contributed by atoms with Gasteiger partial charge in [-0.1, -0.05) is 60.1 Å². The predicted molar refractivity (Wildman–Crippen MR) is 108 cm³/mol. The fourth-order valence-corrected chi connectivity index (χ4v) is 5.25. The van der Waals surface area contributed by atoms with Crippen molar-refractivity contribution in [1.29, 1.82) is 0 Å². The molecule has 124 valence electrons. The molecule has 2 nitrogen and oxygen atoms in total. The molecule has 2 heterocycles. The van der Waals surface area contributed by atoms with Gasteiger partial charge in [0.25, 0.3) is 5.91 Å². The minimum Gasteiger partial charge on any atom is -0.321 e. The maximum atomic E-state index is 12.7. The summed E-state index contributed by atoms with van der Waals surface area (Å²) in [4.78, 5) is 13.3. The predicted octanol–water partition coefficient (Wildman–Crippen LogP) is 6.46. The second-order valence-electron chi connectivity index (χ2n) is 5.64. The summed E-state index contributed by atoms with van der Waals surface area (Å²) in [7, 11) is 0. The second-order valence-corrected chi connectivity index (χ2v) is 8.21. The van der Waals surface area contributed by atoms with E-state index in [1.165, 1.54) is 16.9 Å². The minimum atomic E-state index is -0.154. The van der Waals surface area contributed by atoms with Gasteiger partial charge < -0.3 is 5.32 Å². The molecule has 0 bridgehead atoms. The zero-order chi connectivity index (χ0) is 17.2. The number of nitrogens with one attached hydrogen (secondary N) is 1. The highest BCUT2D eigenvalue weighted by atomic mass is 35.5. The Morgan fingerprint density at radius 3 is 2.56 bits per heavy atom. The lowest BCUT2D eigenvalue weighted by molar-refractivity contribution is 0.103. The second kappa shape index (κ2) is 7.00. The van der Waals surface area contributed by atoms with Crippen LogP contribution in [0.5, 0.6) is 0 Å². The van der Waals surface area contributed by atoms with E-state index in [9.17, 15) is 4.79 Å². The third-order valence-corrected chi connectivity index (χ3v) is 6.72. The molecule has 2 aromatic heterocycles. The Hall–Kier alpha value is -2.14. The van der Waals surface area contributed by atoms with Crippen molar-refractivity contribution in [2.45, 2.75) is 6.42 Å². The molecule has 0 saturated heterocycles. The summed E-state index contributed by atoms with van der Waals surface area (Å²) in [5.74, 6) is -0.154. The molecule has 5 heteroatoms. The van der Waals surface area contributed by atoms with E-state index >= 15 is 0 Å². The van der Waals surface area contributed by atoms with Crippen molar-refractivity contribution in [3.8, 4) is 0 Å². The standard InChI is InChI=1S/C20H14ClNOS2/c21-17-15-10-11-24-20(15)25-18(17)19(23)22-16-9-5-4-8-14(16)12-13-6-2-1-3-7-13/h1-11H,12H2,(H,22,23). The summed E-state index contributed by atoms with van der Waals surface area (Å²) in [6.45, 7) is 0.